The van der Waals surface area contributed by atoms with Crippen LogP contribution in [0.5, 0.6) is 0 Å². The molecule has 0 fully saturated rings. The van der Waals surface area contributed by atoms with Crippen LogP contribution in [0.3, 0.4) is 0 Å². The summed E-state index contributed by atoms with van der Waals surface area (Å²) in [6.45, 7) is 2.12. The van der Waals surface area contributed by atoms with E-state index in [1.807, 2.05) is 12.1 Å². The van der Waals surface area contributed by atoms with Crippen molar-refractivity contribution in [2.45, 2.75) is 13.3 Å². The molecule has 1 aromatic heterocycles. The summed E-state index contributed by atoms with van der Waals surface area (Å²) in [6, 6.07) is 4.04. The number of nitrogens with two attached hydrogens (primary N) is 1. The molecule has 0 unspecified atom stereocenters. The van der Waals surface area contributed by atoms with Gasteiger partial charge in [0.15, 0.2) is 0 Å². The van der Waals surface area contributed by atoms with Gasteiger partial charge in [0, 0.05) is 6.20 Å². The Bertz CT molecular complexity index is 253. The molecule has 0 aliphatic heterocycles. The summed E-state index contributed by atoms with van der Waals surface area (Å²) in [7, 11) is 0. The highest BCUT2D eigenvalue weighted by Gasteiger charge is 1.89. The van der Waals surface area contributed by atoms with Gasteiger partial charge in [-0.25, -0.2) is 0 Å². The Balaban J connectivity index is 2.91. The Morgan fingerprint density at radius 1 is 1.64 bits per heavy atom. The van der Waals surface area contributed by atoms with Crippen molar-refractivity contribution in [2.75, 3.05) is 0 Å². The molecule has 58 valence electrons. The minimum Gasteiger partial charge on any atom is -0.405 e. The van der Waals surface area contributed by atoms with Crippen molar-refractivity contribution < 1.29 is 0 Å². The van der Waals surface area contributed by atoms with Crippen LogP contribution in [-0.4, -0.2) is 4.98 Å². The van der Waals surface area contributed by atoms with Gasteiger partial charge in [0.05, 0.1) is 5.69 Å². The average molecular weight is 148 g/mol. The largest absolute Gasteiger partial charge is 0.405 e. The Labute approximate surface area is 66.8 Å². The second kappa shape index (κ2) is 3.76. The minimum absolute atomic E-state index is 0.923. The lowest BCUT2D eigenvalue weighted by Gasteiger charge is -1.96. The lowest BCUT2D eigenvalue weighted by molar-refractivity contribution is 1.11. The Hall–Kier alpha value is -1.31. The van der Waals surface area contributed by atoms with E-state index in [2.05, 4.69) is 11.9 Å². The van der Waals surface area contributed by atoms with E-state index < -0.39 is 0 Å². The van der Waals surface area contributed by atoms with Gasteiger partial charge in [-0.2, -0.15) is 0 Å². The second-order valence-corrected chi connectivity index (χ2v) is 2.30. The van der Waals surface area contributed by atoms with Gasteiger partial charge < -0.3 is 5.73 Å². The molecule has 0 amide bonds. The number of aromatic nitrogens is 1. The van der Waals surface area contributed by atoms with Crippen LogP contribution < -0.4 is 5.73 Å². The molecule has 2 heteroatoms. The van der Waals surface area contributed by atoms with E-state index in [1.54, 1.807) is 12.3 Å². The van der Waals surface area contributed by atoms with E-state index in [4.69, 9.17) is 5.73 Å². The molecule has 1 rings (SSSR count). The highest BCUT2D eigenvalue weighted by molar-refractivity contribution is 5.44. The van der Waals surface area contributed by atoms with Crippen molar-refractivity contribution in [1.82, 2.24) is 4.98 Å². The number of pyridine rings is 1. The summed E-state index contributed by atoms with van der Waals surface area (Å²) in [5.74, 6) is 0. The van der Waals surface area contributed by atoms with Crippen molar-refractivity contribution in [3.8, 4) is 0 Å². The van der Waals surface area contributed by atoms with Crippen molar-refractivity contribution in [3.63, 3.8) is 0 Å². The van der Waals surface area contributed by atoms with Crippen LogP contribution in [0.25, 0.3) is 6.08 Å². The average Bonchev–Trinajstić information content (AvgIpc) is 2.06. The molecule has 0 saturated heterocycles. The maximum Gasteiger partial charge on any atom is 0.0646 e. The van der Waals surface area contributed by atoms with Crippen LogP contribution >= 0.6 is 0 Å². The molecule has 2 nitrogen and oxygen atoms in total. The smallest absolute Gasteiger partial charge is 0.0646 e. The zero-order chi connectivity index (χ0) is 8.10. The fourth-order valence-electron chi connectivity index (χ4n) is 0.904. The van der Waals surface area contributed by atoms with Crippen LogP contribution in [0.4, 0.5) is 0 Å². The van der Waals surface area contributed by atoms with Crippen LogP contribution in [0.1, 0.15) is 18.2 Å². The quantitative estimate of drug-likeness (QED) is 0.691. The summed E-state index contributed by atoms with van der Waals surface area (Å²) in [4.78, 5) is 4.11. The van der Waals surface area contributed by atoms with Gasteiger partial charge in [-0.1, -0.05) is 6.92 Å². The molecule has 2 N–H and O–H groups in total. The van der Waals surface area contributed by atoms with Crippen molar-refractivity contribution >= 4 is 6.08 Å². The van der Waals surface area contributed by atoms with Crippen molar-refractivity contribution in [1.29, 1.82) is 0 Å². The minimum atomic E-state index is 0.923. The van der Waals surface area contributed by atoms with Gasteiger partial charge >= 0.3 is 0 Å². The maximum atomic E-state index is 5.23. The first kappa shape index (κ1) is 7.79. The zero-order valence-corrected chi connectivity index (χ0v) is 6.62. The van der Waals surface area contributed by atoms with E-state index in [-0.39, 0.29) is 0 Å². The predicted molar refractivity (Wildman–Crippen MR) is 46.8 cm³/mol. The highest BCUT2D eigenvalue weighted by Crippen LogP contribution is 2.03. The van der Waals surface area contributed by atoms with E-state index in [1.165, 1.54) is 11.8 Å². The van der Waals surface area contributed by atoms with Crippen LogP contribution in [0, 0.1) is 0 Å². The molecule has 0 aliphatic rings. The molecule has 0 aliphatic carbocycles. The number of rotatable bonds is 2. The molecular formula is C9H12N2. The number of hydrogen-bond donors (Lipinski definition) is 1. The number of nitrogens with zero attached hydrogens (tertiary/aromatic N) is 1. The molecule has 0 radical (unpaired) electrons. The number of hydrogen-bond acceptors (Lipinski definition) is 2. The molecule has 0 bridgehead atoms. The van der Waals surface area contributed by atoms with Crippen LogP contribution in [0.15, 0.2) is 24.5 Å². The summed E-state index contributed by atoms with van der Waals surface area (Å²) >= 11 is 0. The normalized spacial score (nSPS) is 10.6. The van der Waals surface area contributed by atoms with Gasteiger partial charge in [-0.05, 0) is 36.4 Å². The fraction of sp³-hybridized carbons (Fsp3) is 0.222. The van der Waals surface area contributed by atoms with Gasteiger partial charge in [-0.3, -0.25) is 4.98 Å². The third-order valence-corrected chi connectivity index (χ3v) is 1.52. The summed E-state index contributed by atoms with van der Waals surface area (Å²) in [5.41, 5.74) is 7.44. The first-order valence-corrected chi connectivity index (χ1v) is 3.70. The van der Waals surface area contributed by atoms with E-state index >= 15 is 0 Å². The molecule has 11 heavy (non-hydrogen) atoms. The molecule has 0 saturated carbocycles. The summed E-state index contributed by atoms with van der Waals surface area (Å²) in [5, 5.41) is 0. The van der Waals surface area contributed by atoms with E-state index in [9.17, 15) is 0 Å². The van der Waals surface area contributed by atoms with Crippen molar-refractivity contribution in [3.05, 3.63) is 35.8 Å². The Kier molecular flexibility index (Phi) is 2.66. The first-order valence-electron chi connectivity index (χ1n) is 3.70. The monoisotopic (exact) mass is 148 g/mol. The second-order valence-electron chi connectivity index (χ2n) is 2.30. The van der Waals surface area contributed by atoms with E-state index in [0.29, 0.717) is 0 Å². The molecule has 0 aromatic carbocycles. The Morgan fingerprint density at radius 2 is 2.45 bits per heavy atom. The summed E-state index contributed by atoms with van der Waals surface area (Å²) in [6.07, 6.45) is 6.13. The summed E-state index contributed by atoms with van der Waals surface area (Å²) < 4.78 is 0. The topological polar surface area (TPSA) is 38.9 Å². The van der Waals surface area contributed by atoms with Crippen LogP contribution in [0.2, 0.25) is 0 Å². The fourth-order valence-corrected chi connectivity index (χ4v) is 0.904. The van der Waals surface area contributed by atoms with Gasteiger partial charge in [-0.15, -0.1) is 0 Å². The SMILES string of the molecule is CCc1ccnc(C=CN)c1. The lowest BCUT2D eigenvalue weighted by atomic mass is 10.2. The number of aryl methyl sites for hydroxylation is 1. The molecule has 0 atom stereocenters. The molecule has 1 aromatic rings. The van der Waals surface area contributed by atoms with Gasteiger partial charge in [0.1, 0.15) is 0 Å². The lowest BCUT2D eigenvalue weighted by Crippen LogP contribution is -1.86. The van der Waals surface area contributed by atoms with Crippen LogP contribution in [-0.2, 0) is 6.42 Å². The van der Waals surface area contributed by atoms with Gasteiger partial charge in [0.2, 0.25) is 0 Å². The first-order chi connectivity index (χ1) is 5.36. The molecule has 1 heterocycles. The van der Waals surface area contributed by atoms with Gasteiger partial charge in [0.25, 0.3) is 0 Å². The predicted octanol–water partition coefficient (Wildman–Crippen LogP) is 1.57. The maximum absolute atomic E-state index is 5.23. The highest BCUT2D eigenvalue weighted by atomic mass is 14.7. The zero-order valence-electron chi connectivity index (χ0n) is 6.62. The van der Waals surface area contributed by atoms with E-state index in [0.717, 1.165) is 12.1 Å². The third kappa shape index (κ3) is 2.08. The molecular weight excluding hydrogens is 136 g/mol. The standard InChI is InChI=1S/C9H12N2/c1-2-8-4-6-11-9(7-8)3-5-10/h3-7H,2,10H2,1H3. The Morgan fingerprint density at radius 3 is 3.09 bits per heavy atom. The molecule has 0 spiro atoms. The van der Waals surface area contributed by atoms with Crippen molar-refractivity contribution in [2.24, 2.45) is 5.73 Å². The third-order valence-electron chi connectivity index (χ3n) is 1.52.